The van der Waals surface area contributed by atoms with E-state index in [-0.39, 0.29) is 28.3 Å². The summed E-state index contributed by atoms with van der Waals surface area (Å²) in [5, 5.41) is 10.5. The van der Waals surface area contributed by atoms with E-state index in [4.69, 9.17) is 9.15 Å². The molecule has 0 spiro atoms. The van der Waals surface area contributed by atoms with Crippen LogP contribution in [-0.4, -0.2) is 18.1 Å². The SMILES string of the molecule is COc1cc(C2c3c(oc4ccccc4c3=O)C(=O)N2c2cccc(Br)c2)ccc1O. The van der Waals surface area contributed by atoms with Crippen molar-refractivity contribution in [3.63, 3.8) is 0 Å². The molecule has 154 valence electrons. The van der Waals surface area contributed by atoms with Crippen LogP contribution in [-0.2, 0) is 0 Å². The third-order valence-electron chi connectivity index (χ3n) is 5.38. The molecular weight excluding hydrogens is 462 g/mol. The van der Waals surface area contributed by atoms with Crippen molar-refractivity contribution >= 4 is 38.5 Å². The highest BCUT2D eigenvalue weighted by atomic mass is 79.9. The topological polar surface area (TPSA) is 80.0 Å². The number of halogens is 1. The molecule has 1 atom stereocenters. The molecule has 0 fully saturated rings. The highest BCUT2D eigenvalue weighted by Crippen LogP contribution is 2.43. The minimum atomic E-state index is -0.743. The Labute approximate surface area is 185 Å². The number of para-hydroxylation sites is 1. The molecule has 4 aromatic rings. The molecule has 0 saturated heterocycles. The molecule has 1 N–H and O–H groups in total. The number of rotatable bonds is 3. The molecule has 0 radical (unpaired) electrons. The fourth-order valence-corrected chi connectivity index (χ4v) is 4.38. The number of nitrogens with zero attached hydrogens (tertiary/aromatic N) is 1. The molecule has 1 aliphatic heterocycles. The predicted molar refractivity (Wildman–Crippen MR) is 120 cm³/mol. The Bertz CT molecular complexity index is 1410. The number of anilines is 1. The molecule has 0 bridgehead atoms. The van der Waals surface area contributed by atoms with Crippen LogP contribution in [0.3, 0.4) is 0 Å². The van der Waals surface area contributed by atoms with E-state index in [0.717, 1.165) is 4.47 Å². The van der Waals surface area contributed by atoms with E-state index in [9.17, 15) is 14.7 Å². The van der Waals surface area contributed by atoms with Gasteiger partial charge in [0.15, 0.2) is 16.9 Å². The van der Waals surface area contributed by atoms with Crippen molar-refractivity contribution in [2.75, 3.05) is 12.0 Å². The Kier molecular flexibility index (Phi) is 4.55. The standard InChI is InChI=1S/C24H16BrNO5/c1-30-19-11-13(9-10-17(19)27)21-20-22(28)16-7-2-3-8-18(16)31-23(20)24(29)26(21)15-6-4-5-14(25)12-15/h2-12,21,27H,1H3. The number of phenols is 1. The summed E-state index contributed by atoms with van der Waals surface area (Å²) in [4.78, 5) is 28.5. The van der Waals surface area contributed by atoms with Gasteiger partial charge in [-0.25, -0.2) is 0 Å². The summed E-state index contributed by atoms with van der Waals surface area (Å²) in [7, 11) is 1.44. The molecule has 3 aromatic carbocycles. The monoisotopic (exact) mass is 477 g/mol. The number of aromatic hydroxyl groups is 1. The number of phenolic OH excluding ortho intramolecular Hbond substituents is 1. The Hall–Kier alpha value is -3.58. The van der Waals surface area contributed by atoms with Crippen LogP contribution in [0.5, 0.6) is 11.5 Å². The number of benzene rings is 3. The highest BCUT2D eigenvalue weighted by molar-refractivity contribution is 9.10. The molecule has 7 heteroatoms. The van der Waals surface area contributed by atoms with E-state index in [2.05, 4.69) is 15.9 Å². The Morgan fingerprint density at radius 3 is 2.61 bits per heavy atom. The zero-order chi connectivity index (χ0) is 21.7. The second-order valence-corrected chi connectivity index (χ2v) is 8.07. The fourth-order valence-electron chi connectivity index (χ4n) is 3.99. The molecule has 1 amide bonds. The lowest BCUT2D eigenvalue weighted by Crippen LogP contribution is -2.29. The van der Waals surface area contributed by atoms with Gasteiger partial charge < -0.3 is 14.3 Å². The molecule has 0 aliphatic carbocycles. The first-order valence-corrected chi connectivity index (χ1v) is 10.3. The highest BCUT2D eigenvalue weighted by Gasteiger charge is 2.43. The van der Waals surface area contributed by atoms with Crippen LogP contribution < -0.4 is 15.1 Å². The number of carbonyl (C=O) groups excluding carboxylic acids is 1. The van der Waals surface area contributed by atoms with Gasteiger partial charge in [-0.15, -0.1) is 0 Å². The largest absolute Gasteiger partial charge is 0.504 e. The molecule has 0 saturated carbocycles. The van der Waals surface area contributed by atoms with Gasteiger partial charge in [0.05, 0.1) is 24.1 Å². The zero-order valence-electron chi connectivity index (χ0n) is 16.3. The van der Waals surface area contributed by atoms with Gasteiger partial charge in [-0.1, -0.05) is 40.2 Å². The summed E-state index contributed by atoms with van der Waals surface area (Å²) < 4.78 is 12.0. The van der Waals surface area contributed by atoms with Gasteiger partial charge in [-0.05, 0) is 48.0 Å². The molecule has 5 rings (SSSR count). The molecule has 1 unspecified atom stereocenters. The average Bonchev–Trinajstić information content (AvgIpc) is 3.07. The van der Waals surface area contributed by atoms with Crippen LogP contribution in [0.1, 0.15) is 27.7 Å². The lowest BCUT2D eigenvalue weighted by atomic mass is 9.97. The number of fused-ring (bicyclic) bond motifs is 2. The van der Waals surface area contributed by atoms with Gasteiger partial charge in [-0.3, -0.25) is 14.5 Å². The number of hydrogen-bond acceptors (Lipinski definition) is 5. The first-order valence-electron chi connectivity index (χ1n) is 9.51. The lowest BCUT2D eigenvalue weighted by Gasteiger charge is -2.25. The van der Waals surface area contributed by atoms with Crippen molar-refractivity contribution < 1.29 is 19.1 Å². The molecule has 1 aromatic heterocycles. The Morgan fingerprint density at radius 1 is 1.03 bits per heavy atom. The number of amides is 1. The van der Waals surface area contributed by atoms with Gasteiger partial charge in [0.1, 0.15) is 5.58 Å². The normalized spacial score (nSPS) is 15.4. The number of hydrogen-bond donors (Lipinski definition) is 1. The van der Waals surface area contributed by atoms with Gasteiger partial charge in [0.25, 0.3) is 5.91 Å². The van der Waals surface area contributed by atoms with Crippen LogP contribution in [0.2, 0.25) is 0 Å². The van der Waals surface area contributed by atoms with E-state index < -0.39 is 11.9 Å². The summed E-state index contributed by atoms with van der Waals surface area (Å²) in [5.41, 5.74) is 1.57. The van der Waals surface area contributed by atoms with Crippen LogP contribution in [0.15, 0.2) is 80.4 Å². The first-order chi connectivity index (χ1) is 15.0. The van der Waals surface area contributed by atoms with Crippen molar-refractivity contribution in [2.45, 2.75) is 6.04 Å². The van der Waals surface area contributed by atoms with Crippen molar-refractivity contribution in [3.8, 4) is 11.5 Å². The maximum Gasteiger partial charge on any atom is 0.295 e. The molecule has 2 heterocycles. The smallest absolute Gasteiger partial charge is 0.295 e. The van der Waals surface area contributed by atoms with Crippen LogP contribution in [0.25, 0.3) is 11.0 Å². The second-order valence-electron chi connectivity index (χ2n) is 7.16. The van der Waals surface area contributed by atoms with Crippen LogP contribution >= 0.6 is 15.9 Å². The maximum atomic E-state index is 13.5. The van der Waals surface area contributed by atoms with Gasteiger partial charge in [-0.2, -0.15) is 0 Å². The van der Waals surface area contributed by atoms with E-state index in [0.29, 0.717) is 22.2 Å². The van der Waals surface area contributed by atoms with Gasteiger partial charge >= 0.3 is 0 Å². The molecule has 31 heavy (non-hydrogen) atoms. The van der Waals surface area contributed by atoms with E-state index in [1.165, 1.54) is 18.1 Å². The minimum absolute atomic E-state index is 0.0146. The Morgan fingerprint density at radius 2 is 1.84 bits per heavy atom. The zero-order valence-corrected chi connectivity index (χ0v) is 17.9. The number of carbonyl (C=O) groups is 1. The first kappa shape index (κ1) is 19.4. The summed E-state index contributed by atoms with van der Waals surface area (Å²) in [5.74, 6) is -0.179. The molecule has 1 aliphatic rings. The summed E-state index contributed by atoms with van der Waals surface area (Å²) >= 11 is 3.45. The predicted octanol–water partition coefficient (Wildman–Crippen LogP) is 5.02. The second kappa shape index (κ2) is 7.28. The summed E-state index contributed by atoms with van der Waals surface area (Å²) in [6.45, 7) is 0. The number of ether oxygens (including phenoxy) is 1. The van der Waals surface area contributed by atoms with E-state index in [1.54, 1.807) is 48.5 Å². The van der Waals surface area contributed by atoms with Crippen LogP contribution in [0, 0.1) is 0 Å². The maximum absolute atomic E-state index is 13.5. The van der Waals surface area contributed by atoms with Gasteiger partial charge in [0, 0.05) is 10.2 Å². The minimum Gasteiger partial charge on any atom is -0.504 e. The van der Waals surface area contributed by atoms with Gasteiger partial charge in [0.2, 0.25) is 5.76 Å². The lowest BCUT2D eigenvalue weighted by molar-refractivity contribution is 0.0971. The molecular formula is C24H16BrNO5. The fraction of sp³-hybridized carbons (Fsp3) is 0.0833. The average molecular weight is 478 g/mol. The third-order valence-corrected chi connectivity index (χ3v) is 5.88. The van der Waals surface area contributed by atoms with Crippen molar-refractivity contribution in [2.24, 2.45) is 0 Å². The third kappa shape index (κ3) is 3.00. The van der Waals surface area contributed by atoms with Crippen molar-refractivity contribution in [3.05, 3.63) is 98.3 Å². The molecule has 6 nitrogen and oxygen atoms in total. The van der Waals surface area contributed by atoms with Crippen molar-refractivity contribution in [1.82, 2.24) is 0 Å². The van der Waals surface area contributed by atoms with Crippen molar-refractivity contribution in [1.29, 1.82) is 0 Å². The number of methoxy groups -OCH3 is 1. The Balaban J connectivity index is 1.83. The summed E-state index contributed by atoms with van der Waals surface area (Å²) in [6, 6.07) is 18.2. The van der Waals surface area contributed by atoms with E-state index >= 15 is 0 Å². The van der Waals surface area contributed by atoms with Crippen LogP contribution in [0.4, 0.5) is 5.69 Å². The summed E-state index contributed by atoms with van der Waals surface area (Å²) in [6.07, 6.45) is 0. The van der Waals surface area contributed by atoms with E-state index in [1.807, 2.05) is 12.1 Å². The quantitative estimate of drug-likeness (QED) is 0.448.